The van der Waals surface area contributed by atoms with E-state index in [1.807, 2.05) is 19.1 Å². The molecule has 1 amide bonds. The van der Waals surface area contributed by atoms with Crippen molar-refractivity contribution in [1.82, 2.24) is 25.3 Å². The molecule has 0 aliphatic heterocycles. The third-order valence-corrected chi connectivity index (χ3v) is 5.31. The molecule has 166 valence electrons. The Morgan fingerprint density at radius 1 is 1.16 bits per heavy atom. The number of hydrogen-bond donors (Lipinski definition) is 2. The standard InChI is InChI=1S/C23H25N5O4/c1-14-25-12-19(15-3-5-21(26-10-15)22(30)24-7-8-29)23(28-14)32-13-16-9-18(16)20-6-4-17(31-2)11-27-20/h3-6,10-12,16,18,29H,7-9,13H2,1-2H3,(H,24,30)/t16-,18+/m0/s1. The Bertz CT molecular complexity index is 1070. The zero-order valence-electron chi connectivity index (χ0n) is 18.0. The summed E-state index contributed by atoms with van der Waals surface area (Å²) in [5, 5.41) is 11.4. The van der Waals surface area contributed by atoms with Crippen LogP contribution in [-0.2, 0) is 0 Å². The minimum absolute atomic E-state index is 0.123. The second-order valence-electron chi connectivity index (χ2n) is 7.58. The van der Waals surface area contributed by atoms with E-state index in [0.717, 1.165) is 23.4 Å². The van der Waals surface area contributed by atoms with Crippen LogP contribution >= 0.6 is 0 Å². The minimum atomic E-state index is -0.339. The summed E-state index contributed by atoms with van der Waals surface area (Å²) in [6.45, 7) is 2.39. The van der Waals surface area contributed by atoms with Gasteiger partial charge in [0, 0.05) is 42.0 Å². The van der Waals surface area contributed by atoms with Crippen LogP contribution in [0.3, 0.4) is 0 Å². The van der Waals surface area contributed by atoms with Gasteiger partial charge in [0.2, 0.25) is 5.88 Å². The third kappa shape index (κ3) is 5.00. The zero-order chi connectivity index (χ0) is 22.5. The van der Waals surface area contributed by atoms with E-state index >= 15 is 0 Å². The Morgan fingerprint density at radius 3 is 2.72 bits per heavy atom. The molecule has 0 spiro atoms. The molecule has 0 bridgehead atoms. The van der Waals surface area contributed by atoms with Crippen molar-refractivity contribution in [2.45, 2.75) is 19.3 Å². The summed E-state index contributed by atoms with van der Waals surface area (Å²) in [7, 11) is 1.63. The normalized spacial score (nSPS) is 17.0. The number of nitrogens with one attached hydrogen (secondary N) is 1. The number of carbonyl (C=O) groups excluding carboxylic acids is 1. The Kier molecular flexibility index (Phi) is 6.55. The summed E-state index contributed by atoms with van der Waals surface area (Å²) < 4.78 is 11.3. The first-order valence-electron chi connectivity index (χ1n) is 10.4. The van der Waals surface area contributed by atoms with E-state index in [2.05, 4.69) is 25.3 Å². The van der Waals surface area contributed by atoms with Crippen molar-refractivity contribution >= 4 is 5.91 Å². The molecule has 0 saturated heterocycles. The molecule has 1 aliphatic rings. The molecular formula is C23H25N5O4. The van der Waals surface area contributed by atoms with Crippen LogP contribution in [-0.4, -0.2) is 57.8 Å². The topological polar surface area (TPSA) is 119 Å². The van der Waals surface area contributed by atoms with E-state index in [0.29, 0.717) is 35.7 Å². The van der Waals surface area contributed by atoms with Crippen molar-refractivity contribution in [3.63, 3.8) is 0 Å². The molecule has 1 saturated carbocycles. The second-order valence-corrected chi connectivity index (χ2v) is 7.58. The van der Waals surface area contributed by atoms with Gasteiger partial charge in [0.15, 0.2) is 0 Å². The van der Waals surface area contributed by atoms with Gasteiger partial charge in [-0.15, -0.1) is 0 Å². The van der Waals surface area contributed by atoms with Crippen LogP contribution in [0.15, 0.2) is 42.9 Å². The maximum absolute atomic E-state index is 12.0. The van der Waals surface area contributed by atoms with Crippen LogP contribution in [0, 0.1) is 12.8 Å². The number of pyridine rings is 2. The zero-order valence-corrected chi connectivity index (χ0v) is 18.0. The first-order valence-corrected chi connectivity index (χ1v) is 10.4. The van der Waals surface area contributed by atoms with Crippen molar-refractivity contribution in [2.75, 3.05) is 26.9 Å². The number of methoxy groups -OCH3 is 1. The van der Waals surface area contributed by atoms with Gasteiger partial charge in [0.1, 0.15) is 17.3 Å². The molecule has 1 aliphatic carbocycles. The molecule has 2 N–H and O–H groups in total. The molecule has 3 heterocycles. The number of aryl methyl sites for hydroxylation is 1. The average molecular weight is 435 g/mol. The predicted octanol–water partition coefficient (Wildman–Crippen LogP) is 2.16. The summed E-state index contributed by atoms with van der Waals surface area (Å²) in [5.74, 6) is 2.24. The number of amides is 1. The quantitative estimate of drug-likeness (QED) is 0.525. The van der Waals surface area contributed by atoms with Crippen molar-refractivity contribution in [2.24, 2.45) is 5.92 Å². The Balaban J connectivity index is 1.43. The van der Waals surface area contributed by atoms with Crippen LogP contribution in [0.25, 0.3) is 11.1 Å². The van der Waals surface area contributed by atoms with Crippen LogP contribution in [0.5, 0.6) is 11.6 Å². The lowest BCUT2D eigenvalue weighted by atomic mass is 10.1. The maximum Gasteiger partial charge on any atom is 0.269 e. The third-order valence-electron chi connectivity index (χ3n) is 5.31. The van der Waals surface area contributed by atoms with Crippen LogP contribution in [0.4, 0.5) is 0 Å². The molecule has 4 rings (SSSR count). The minimum Gasteiger partial charge on any atom is -0.495 e. The summed E-state index contributed by atoms with van der Waals surface area (Å²) in [4.78, 5) is 29.4. The van der Waals surface area contributed by atoms with E-state index in [1.165, 1.54) is 0 Å². The fourth-order valence-corrected chi connectivity index (χ4v) is 3.42. The molecule has 32 heavy (non-hydrogen) atoms. The summed E-state index contributed by atoms with van der Waals surface area (Å²) in [5.41, 5.74) is 2.77. The largest absolute Gasteiger partial charge is 0.495 e. The van der Waals surface area contributed by atoms with E-state index in [9.17, 15) is 4.79 Å². The molecular weight excluding hydrogens is 410 g/mol. The number of aromatic nitrogens is 4. The molecule has 0 radical (unpaired) electrons. The number of ether oxygens (including phenoxy) is 2. The molecule has 0 unspecified atom stereocenters. The van der Waals surface area contributed by atoms with Gasteiger partial charge in [-0.3, -0.25) is 14.8 Å². The van der Waals surface area contributed by atoms with Gasteiger partial charge in [0.25, 0.3) is 5.91 Å². The van der Waals surface area contributed by atoms with Crippen molar-refractivity contribution < 1.29 is 19.4 Å². The highest BCUT2D eigenvalue weighted by Crippen LogP contribution is 2.47. The van der Waals surface area contributed by atoms with Gasteiger partial charge in [-0.05, 0) is 31.5 Å². The molecule has 1 fully saturated rings. The predicted molar refractivity (Wildman–Crippen MR) is 117 cm³/mol. The van der Waals surface area contributed by atoms with Gasteiger partial charge in [-0.2, -0.15) is 4.98 Å². The van der Waals surface area contributed by atoms with E-state index in [1.54, 1.807) is 37.8 Å². The summed E-state index contributed by atoms with van der Waals surface area (Å²) in [6, 6.07) is 7.32. The van der Waals surface area contributed by atoms with Gasteiger partial charge < -0.3 is 19.9 Å². The average Bonchev–Trinajstić information content (AvgIpc) is 3.61. The van der Waals surface area contributed by atoms with Gasteiger partial charge in [-0.1, -0.05) is 6.07 Å². The highest BCUT2D eigenvalue weighted by molar-refractivity contribution is 5.92. The highest BCUT2D eigenvalue weighted by Gasteiger charge is 2.40. The number of nitrogens with zero attached hydrogens (tertiary/aromatic N) is 4. The molecule has 2 atom stereocenters. The van der Waals surface area contributed by atoms with Crippen LogP contribution in [0.2, 0.25) is 0 Å². The fourth-order valence-electron chi connectivity index (χ4n) is 3.42. The van der Waals surface area contributed by atoms with Gasteiger partial charge in [-0.25, -0.2) is 4.98 Å². The molecule has 9 nitrogen and oxygen atoms in total. The maximum atomic E-state index is 12.0. The van der Waals surface area contributed by atoms with E-state index < -0.39 is 0 Å². The summed E-state index contributed by atoms with van der Waals surface area (Å²) >= 11 is 0. The highest BCUT2D eigenvalue weighted by atomic mass is 16.5. The van der Waals surface area contributed by atoms with Crippen LogP contribution < -0.4 is 14.8 Å². The molecule has 9 heteroatoms. The molecule has 3 aromatic heterocycles. The lowest BCUT2D eigenvalue weighted by molar-refractivity contribution is 0.0940. The monoisotopic (exact) mass is 435 g/mol. The van der Waals surface area contributed by atoms with Gasteiger partial charge >= 0.3 is 0 Å². The number of hydrogen-bond acceptors (Lipinski definition) is 8. The van der Waals surface area contributed by atoms with Crippen molar-refractivity contribution in [1.29, 1.82) is 0 Å². The Labute approximate surface area is 185 Å². The lowest BCUT2D eigenvalue weighted by Crippen LogP contribution is -2.27. The van der Waals surface area contributed by atoms with Crippen molar-refractivity contribution in [3.05, 3.63) is 60.1 Å². The summed E-state index contributed by atoms with van der Waals surface area (Å²) in [6.07, 6.45) is 6.04. The molecule has 3 aromatic rings. The number of aliphatic hydroxyl groups is 1. The lowest BCUT2D eigenvalue weighted by Gasteiger charge is -2.11. The van der Waals surface area contributed by atoms with Crippen LogP contribution in [0.1, 0.15) is 34.3 Å². The number of aliphatic hydroxyl groups excluding tert-OH is 1. The second kappa shape index (κ2) is 9.69. The Morgan fingerprint density at radius 2 is 2.03 bits per heavy atom. The first-order chi connectivity index (χ1) is 15.6. The number of rotatable bonds is 9. The van der Waals surface area contributed by atoms with Gasteiger partial charge in [0.05, 0.1) is 32.1 Å². The van der Waals surface area contributed by atoms with Crippen molar-refractivity contribution in [3.8, 4) is 22.8 Å². The SMILES string of the molecule is COc1ccc([C@@H]2C[C@H]2COc2nc(C)ncc2-c2ccc(C(=O)NCCO)nc2)nc1. The fraction of sp³-hybridized carbons (Fsp3) is 0.348. The smallest absolute Gasteiger partial charge is 0.269 e. The van der Waals surface area contributed by atoms with E-state index in [4.69, 9.17) is 14.6 Å². The first kappa shape index (κ1) is 21.6. The molecule has 0 aromatic carbocycles. The van der Waals surface area contributed by atoms with E-state index in [-0.39, 0.29) is 24.8 Å². The Hall–Kier alpha value is -3.59. The number of carbonyl (C=O) groups is 1.